The molecule has 160 valence electrons. The Balaban J connectivity index is 1.69. The minimum Gasteiger partial charge on any atom is -0.508 e. The van der Waals surface area contributed by atoms with Crippen molar-refractivity contribution in [1.29, 1.82) is 0 Å². The van der Waals surface area contributed by atoms with Crippen LogP contribution in [0.5, 0.6) is 11.5 Å². The molecule has 3 aliphatic rings. The van der Waals surface area contributed by atoms with E-state index in [-0.39, 0.29) is 21.5 Å². The summed E-state index contributed by atoms with van der Waals surface area (Å²) < 4.78 is 6.52. The minimum absolute atomic E-state index is 0.0208. The summed E-state index contributed by atoms with van der Waals surface area (Å²) in [5.74, 6) is 4.12. The molecule has 2 atom stereocenters. The maximum absolute atomic E-state index is 12.2. The quantitative estimate of drug-likeness (QED) is 0.510. The van der Waals surface area contributed by atoms with Gasteiger partial charge in [0.25, 0.3) is 0 Å². The summed E-state index contributed by atoms with van der Waals surface area (Å²) in [6.45, 7) is 6.54. The van der Waals surface area contributed by atoms with Crippen LogP contribution in [0, 0.1) is 5.92 Å². The van der Waals surface area contributed by atoms with Crippen LogP contribution < -0.4 is 4.74 Å². The molecule has 0 aromatic heterocycles. The van der Waals surface area contributed by atoms with E-state index >= 15 is 0 Å². The molecule has 1 saturated heterocycles. The van der Waals surface area contributed by atoms with E-state index in [0.29, 0.717) is 24.4 Å². The van der Waals surface area contributed by atoms with E-state index in [1.807, 2.05) is 29.6 Å². The second-order valence-electron chi connectivity index (χ2n) is 9.37. The number of rotatable bonds is 6. The molecule has 0 bridgehead atoms. The Bertz CT molecular complexity index is 768. The number of hydrogen-bond donors (Lipinski definition) is 1. The number of Topliss-reactive ketones (excluding diaryl/α,β-unsaturated/α-hetero) is 1. The molecule has 2 heterocycles. The van der Waals surface area contributed by atoms with Crippen molar-refractivity contribution in [2.24, 2.45) is 5.92 Å². The summed E-state index contributed by atoms with van der Waals surface area (Å²) in [6, 6.07) is 4.18. The van der Waals surface area contributed by atoms with Crippen molar-refractivity contribution < 1.29 is 14.6 Å². The van der Waals surface area contributed by atoms with Gasteiger partial charge in [0.1, 0.15) is 22.9 Å². The van der Waals surface area contributed by atoms with Crippen molar-refractivity contribution in [1.82, 2.24) is 0 Å². The molecule has 1 aliphatic carbocycles. The molecule has 1 aromatic carbocycles. The summed E-state index contributed by atoms with van der Waals surface area (Å²) in [5, 5.41) is 11.1. The monoisotopic (exact) mass is 434 g/mol. The first kappa shape index (κ1) is 21.4. The van der Waals surface area contributed by atoms with Gasteiger partial charge in [0.2, 0.25) is 0 Å². The number of aromatic hydroxyl groups is 1. The van der Waals surface area contributed by atoms with Crippen molar-refractivity contribution in [3.63, 3.8) is 0 Å². The third-order valence-corrected chi connectivity index (χ3v) is 10.6. The molecule has 2 aliphatic heterocycles. The average molecular weight is 435 g/mol. The van der Waals surface area contributed by atoms with Crippen LogP contribution in [0.15, 0.2) is 12.1 Å². The average Bonchev–Trinajstić information content (AvgIpc) is 3.14. The largest absolute Gasteiger partial charge is 0.508 e. The lowest BCUT2D eigenvalue weighted by atomic mass is 9.66. The molecule has 29 heavy (non-hydrogen) atoms. The van der Waals surface area contributed by atoms with Gasteiger partial charge < -0.3 is 9.84 Å². The summed E-state index contributed by atoms with van der Waals surface area (Å²) in [4.78, 5) is 12.2. The Labute approximate surface area is 183 Å². The molecule has 4 rings (SSSR count). The van der Waals surface area contributed by atoms with Crippen molar-refractivity contribution in [2.75, 3.05) is 11.5 Å². The first-order valence-corrected chi connectivity index (χ1v) is 13.2. The van der Waals surface area contributed by atoms with Gasteiger partial charge in [0.15, 0.2) is 0 Å². The molecule has 5 heteroatoms. The third kappa shape index (κ3) is 4.06. The number of hydrogen-bond acceptors (Lipinski definition) is 5. The number of phenols is 1. The van der Waals surface area contributed by atoms with Crippen LogP contribution >= 0.6 is 23.5 Å². The Morgan fingerprint density at radius 2 is 1.93 bits per heavy atom. The van der Waals surface area contributed by atoms with Gasteiger partial charge >= 0.3 is 0 Å². The molecule has 0 spiro atoms. The van der Waals surface area contributed by atoms with Gasteiger partial charge in [-0.2, -0.15) is 0 Å². The van der Waals surface area contributed by atoms with Gasteiger partial charge in [-0.3, -0.25) is 4.79 Å². The van der Waals surface area contributed by atoms with Gasteiger partial charge in [0, 0.05) is 41.7 Å². The zero-order chi connectivity index (χ0) is 20.6. The highest BCUT2D eigenvalue weighted by molar-refractivity contribution is 8.20. The van der Waals surface area contributed by atoms with Crippen molar-refractivity contribution in [2.45, 2.75) is 87.7 Å². The summed E-state index contributed by atoms with van der Waals surface area (Å²) in [6.07, 6.45) is 8.17. The van der Waals surface area contributed by atoms with Crippen molar-refractivity contribution in [3.05, 3.63) is 23.3 Å². The molecule has 1 saturated carbocycles. The van der Waals surface area contributed by atoms with E-state index < -0.39 is 0 Å². The van der Waals surface area contributed by atoms with Gasteiger partial charge in [0.05, 0.1) is 4.08 Å². The van der Waals surface area contributed by atoms with E-state index in [1.165, 1.54) is 31.2 Å². The lowest BCUT2D eigenvalue weighted by Crippen LogP contribution is -2.47. The van der Waals surface area contributed by atoms with Crippen LogP contribution in [-0.4, -0.2) is 28.0 Å². The number of phenolic OH excluding ortho intramolecular Hbond substituents is 1. The molecule has 1 N–H and O–H groups in total. The fourth-order valence-corrected chi connectivity index (χ4v) is 8.79. The van der Waals surface area contributed by atoms with Crippen LogP contribution in [0.2, 0.25) is 0 Å². The molecule has 0 unspecified atom stereocenters. The SMILES string of the molecule is CCCCCCC1(c2cc(O)c3c(c2)OC(C)(C)[C@H]2CCC(=O)C[C@H]32)SCCS1. The number of thioether (sulfide) groups is 2. The fourth-order valence-electron chi connectivity index (χ4n) is 5.49. The molecule has 0 radical (unpaired) electrons. The predicted octanol–water partition coefficient (Wildman–Crippen LogP) is 6.62. The summed E-state index contributed by atoms with van der Waals surface area (Å²) >= 11 is 4.05. The van der Waals surface area contributed by atoms with E-state index in [9.17, 15) is 9.90 Å². The summed E-state index contributed by atoms with van der Waals surface area (Å²) in [5.41, 5.74) is 1.75. The van der Waals surface area contributed by atoms with Gasteiger partial charge in [-0.15, -0.1) is 23.5 Å². The molecule has 0 amide bonds. The number of benzene rings is 1. The number of unbranched alkanes of at least 4 members (excludes halogenated alkanes) is 3. The van der Waals surface area contributed by atoms with E-state index in [1.54, 1.807) is 0 Å². The maximum atomic E-state index is 12.2. The van der Waals surface area contributed by atoms with Crippen molar-refractivity contribution >= 4 is 29.3 Å². The first-order valence-electron chi connectivity index (χ1n) is 11.2. The third-order valence-electron chi connectivity index (χ3n) is 6.98. The van der Waals surface area contributed by atoms with E-state index in [4.69, 9.17) is 4.74 Å². The van der Waals surface area contributed by atoms with E-state index in [0.717, 1.165) is 35.7 Å². The Hall–Kier alpha value is -0.810. The number of carbonyl (C=O) groups excluding carboxylic acids is 1. The molecule has 1 aromatic rings. The number of carbonyl (C=O) groups is 1. The zero-order valence-corrected chi connectivity index (χ0v) is 19.6. The topological polar surface area (TPSA) is 46.5 Å². The van der Waals surface area contributed by atoms with Gasteiger partial charge in [-0.25, -0.2) is 0 Å². The Morgan fingerprint density at radius 3 is 2.66 bits per heavy atom. The molecular weight excluding hydrogens is 400 g/mol. The van der Waals surface area contributed by atoms with Crippen LogP contribution in [-0.2, 0) is 8.87 Å². The van der Waals surface area contributed by atoms with Crippen LogP contribution in [0.1, 0.15) is 89.2 Å². The lowest BCUT2D eigenvalue weighted by Gasteiger charge is -2.47. The van der Waals surface area contributed by atoms with Gasteiger partial charge in [-0.1, -0.05) is 32.6 Å². The minimum atomic E-state index is -0.312. The Kier molecular flexibility index (Phi) is 6.19. The maximum Gasteiger partial charge on any atom is 0.133 e. The van der Waals surface area contributed by atoms with E-state index in [2.05, 4.69) is 26.8 Å². The zero-order valence-electron chi connectivity index (χ0n) is 18.0. The van der Waals surface area contributed by atoms with Crippen molar-refractivity contribution in [3.8, 4) is 11.5 Å². The second kappa shape index (κ2) is 8.37. The molecule has 2 fully saturated rings. The van der Waals surface area contributed by atoms with Crippen LogP contribution in [0.3, 0.4) is 0 Å². The fraction of sp³-hybridized carbons (Fsp3) is 0.708. The number of ether oxygens (including phenoxy) is 1. The Morgan fingerprint density at radius 1 is 1.17 bits per heavy atom. The van der Waals surface area contributed by atoms with Crippen LogP contribution in [0.4, 0.5) is 0 Å². The molecule has 3 nitrogen and oxygen atoms in total. The standard InChI is InChI=1S/C24H34O3S2/c1-4-5-6-7-10-24(28-11-12-29-24)16-13-20(26)22-18-15-17(25)8-9-19(18)23(2,3)27-21(22)14-16/h13-14,18-19,26H,4-12,15H2,1-3H3/t18-,19-/m0/s1. The highest BCUT2D eigenvalue weighted by Crippen LogP contribution is 2.59. The number of ketones is 1. The second-order valence-corrected chi connectivity index (χ2v) is 12.4. The summed E-state index contributed by atoms with van der Waals surface area (Å²) in [7, 11) is 0. The predicted molar refractivity (Wildman–Crippen MR) is 123 cm³/mol. The lowest BCUT2D eigenvalue weighted by molar-refractivity contribution is -0.124. The first-order chi connectivity index (χ1) is 13.9. The van der Waals surface area contributed by atoms with Gasteiger partial charge in [-0.05, 0) is 44.4 Å². The normalized spacial score (nSPS) is 27.2. The smallest absolute Gasteiger partial charge is 0.133 e. The highest BCUT2D eigenvalue weighted by atomic mass is 32.2. The van der Waals surface area contributed by atoms with Crippen LogP contribution in [0.25, 0.3) is 0 Å². The highest BCUT2D eigenvalue weighted by Gasteiger charge is 2.48. The molecular formula is C24H34O3S2. The number of fused-ring (bicyclic) bond motifs is 3.